The van der Waals surface area contributed by atoms with E-state index < -0.39 is 16.8 Å². The molecule has 1 aliphatic rings. The molecule has 1 saturated heterocycles. The number of amides is 1. The molecule has 1 aromatic carbocycles. The number of carbonyl (C=O) groups excluding carboxylic acids is 1. The second kappa shape index (κ2) is 9.58. The molecule has 28 heavy (non-hydrogen) atoms. The summed E-state index contributed by atoms with van der Waals surface area (Å²) in [4.78, 5) is 16.1. The van der Waals surface area contributed by atoms with Gasteiger partial charge in [-0.15, -0.1) is 0 Å². The van der Waals surface area contributed by atoms with Crippen LogP contribution >= 0.6 is 23.8 Å². The minimum absolute atomic E-state index is 0.0607. The van der Waals surface area contributed by atoms with Crippen molar-refractivity contribution in [2.75, 3.05) is 44.6 Å². The first kappa shape index (κ1) is 22.4. The maximum Gasteiger partial charge on any atom is 0.417 e. The third-order valence-corrected chi connectivity index (χ3v) is 4.86. The minimum atomic E-state index is -4.58. The van der Waals surface area contributed by atoms with Crippen LogP contribution in [0, 0.1) is 0 Å². The minimum Gasteiger partial charge on any atom is -0.359 e. The fourth-order valence-electron chi connectivity index (χ4n) is 2.67. The number of alkyl halides is 3. The molecule has 1 heterocycles. The molecule has 1 amide bonds. The number of carbonyl (C=O) groups is 1. The smallest absolute Gasteiger partial charge is 0.359 e. The van der Waals surface area contributed by atoms with Gasteiger partial charge in [0.1, 0.15) is 0 Å². The highest BCUT2D eigenvalue weighted by atomic mass is 35.5. The van der Waals surface area contributed by atoms with Crippen LogP contribution in [0.15, 0.2) is 30.4 Å². The molecule has 1 aromatic rings. The fraction of sp³-hybridized carbons (Fsp3) is 0.444. The van der Waals surface area contributed by atoms with Crippen molar-refractivity contribution in [3.8, 4) is 0 Å². The Kier molecular flexibility index (Phi) is 7.68. The van der Waals surface area contributed by atoms with Crippen LogP contribution in [-0.2, 0) is 11.0 Å². The SMILES string of the molecule is C=C(C)CNC(=S)N1CCN(CC(=O)Nc2ccc(Cl)c(C(F)(F)F)c2)CC1. The first-order valence-electron chi connectivity index (χ1n) is 8.62. The average Bonchev–Trinajstić information content (AvgIpc) is 2.61. The monoisotopic (exact) mass is 434 g/mol. The number of nitrogens with zero attached hydrogens (tertiary/aromatic N) is 2. The summed E-state index contributed by atoms with van der Waals surface area (Å²) in [5.41, 5.74) is 0.0652. The molecule has 1 aliphatic heterocycles. The van der Waals surface area contributed by atoms with Crippen LogP contribution in [0.25, 0.3) is 0 Å². The van der Waals surface area contributed by atoms with Gasteiger partial charge in [-0.05, 0) is 37.3 Å². The molecule has 0 aliphatic carbocycles. The lowest BCUT2D eigenvalue weighted by Crippen LogP contribution is -2.53. The van der Waals surface area contributed by atoms with E-state index in [0.717, 1.165) is 17.7 Å². The van der Waals surface area contributed by atoms with Crippen LogP contribution in [0.4, 0.5) is 18.9 Å². The number of rotatable bonds is 5. The summed E-state index contributed by atoms with van der Waals surface area (Å²) in [7, 11) is 0. The number of thiocarbonyl (C=S) groups is 1. The van der Waals surface area contributed by atoms with Crippen molar-refractivity contribution in [2.45, 2.75) is 13.1 Å². The van der Waals surface area contributed by atoms with Gasteiger partial charge in [0.2, 0.25) is 5.91 Å². The van der Waals surface area contributed by atoms with E-state index in [1.165, 1.54) is 6.07 Å². The van der Waals surface area contributed by atoms with Gasteiger partial charge in [0.25, 0.3) is 0 Å². The van der Waals surface area contributed by atoms with Crippen molar-refractivity contribution in [3.05, 3.63) is 40.9 Å². The molecule has 1 fully saturated rings. The van der Waals surface area contributed by atoms with Gasteiger partial charge in [0.15, 0.2) is 5.11 Å². The molecule has 5 nitrogen and oxygen atoms in total. The summed E-state index contributed by atoms with van der Waals surface area (Å²) >= 11 is 10.9. The third kappa shape index (κ3) is 6.65. The van der Waals surface area contributed by atoms with Crippen LogP contribution < -0.4 is 10.6 Å². The van der Waals surface area contributed by atoms with E-state index in [0.29, 0.717) is 37.8 Å². The van der Waals surface area contributed by atoms with E-state index in [1.807, 2.05) is 16.7 Å². The molecule has 0 unspecified atom stereocenters. The number of nitrogens with one attached hydrogen (secondary N) is 2. The van der Waals surface area contributed by atoms with Gasteiger partial charge in [-0.1, -0.05) is 23.8 Å². The lowest BCUT2D eigenvalue weighted by atomic mass is 10.2. The summed E-state index contributed by atoms with van der Waals surface area (Å²) in [6.45, 7) is 8.99. The quantitative estimate of drug-likeness (QED) is 0.549. The van der Waals surface area contributed by atoms with E-state index in [1.54, 1.807) is 0 Å². The van der Waals surface area contributed by atoms with E-state index in [4.69, 9.17) is 23.8 Å². The predicted octanol–water partition coefficient (Wildman–Crippen LogP) is 3.37. The predicted molar refractivity (Wildman–Crippen MR) is 109 cm³/mol. The number of hydrogen-bond donors (Lipinski definition) is 2. The van der Waals surface area contributed by atoms with Crippen LogP contribution in [0.2, 0.25) is 5.02 Å². The van der Waals surface area contributed by atoms with Crippen LogP contribution in [0.5, 0.6) is 0 Å². The van der Waals surface area contributed by atoms with Crippen molar-refractivity contribution in [1.82, 2.24) is 15.1 Å². The van der Waals surface area contributed by atoms with E-state index in [-0.39, 0.29) is 18.1 Å². The Morgan fingerprint density at radius 3 is 2.50 bits per heavy atom. The summed E-state index contributed by atoms with van der Waals surface area (Å²) < 4.78 is 38.7. The van der Waals surface area contributed by atoms with Crippen molar-refractivity contribution >= 4 is 40.5 Å². The second-order valence-corrected chi connectivity index (χ2v) is 7.41. The Labute approximate surface area is 172 Å². The summed E-state index contributed by atoms with van der Waals surface area (Å²) in [5.74, 6) is -0.383. The largest absolute Gasteiger partial charge is 0.417 e. The highest BCUT2D eigenvalue weighted by Crippen LogP contribution is 2.36. The first-order chi connectivity index (χ1) is 13.1. The number of halogens is 4. The second-order valence-electron chi connectivity index (χ2n) is 6.62. The zero-order valence-electron chi connectivity index (χ0n) is 15.4. The number of anilines is 1. The van der Waals surface area contributed by atoms with Gasteiger partial charge in [-0.25, -0.2) is 0 Å². The Bertz CT molecular complexity index is 749. The molecular weight excluding hydrogens is 413 g/mol. The number of hydrogen-bond acceptors (Lipinski definition) is 3. The average molecular weight is 435 g/mol. The van der Waals surface area contributed by atoms with E-state index in [2.05, 4.69) is 17.2 Å². The maximum absolute atomic E-state index is 12.9. The highest BCUT2D eigenvalue weighted by Gasteiger charge is 2.33. The molecule has 0 bridgehead atoms. The van der Waals surface area contributed by atoms with Crippen molar-refractivity contribution in [1.29, 1.82) is 0 Å². The molecule has 0 radical (unpaired) electrons. The van der Waals surface area contributed by atoms with Gasteiger partial charge < -0.3 is 15.5 Å². The Hall–Kier alpha value is -1.84. The van der Waals surface area contributed by atoms with Gasteiger partial charge in [0, 0.05) is 38.4 Å². The normalized spacial score (nSPS) is 15.2. The molecule has 2 rings (SSSR count). The first-order valence-corrected chi connectivity index (χ1v) is 9.41. The van der Waals surface area contributed by atoms with Crippen LogP contribution in [-0.4, -0.2) is 60.1 Å². The molecule has 154 valence electrons. The summed E-state index contributed by atoms with van der Waals surface area (Å²) in [5, 5.41) is 5.86. The van der Waals surface area contributed by atoms with E-state index >= 15 is 0 Å². The van der Waals surface area contributed by atoms with Crippen molar-refractivity contribution in [3.63, 3.8) is 0 Å². The van der Waals surface area contributed by atoms with Gasteiger partial charge in [0.05, 0.1) is 17.1 Å². The zero-order valence-corrected chi connectivity index (χ0v) is 17.0. The zero-order chi connectivity index (χ0) is 20.9. The Balaban J connectivity index is 1.83. The molecule has 0 saturated carbocycles. The van der Waals surface area contributed by atoms with Gasteiger partial charge >= 0.3 is 6.18 Å². The third-order valence-electron chi connectivity index (χ3n) is 4.12. The standard InChI is InChI=1S/C18H22ClF3N4OS/c1-12(2)10-23-17(28)26-7-5-25(6-8-26)11-16(27)24-13-3-4-15(19)14(9-13)18(20,21)22/h3-4,9H,1,5-8,10-11H2,2H3,(H,23,28)(H,24,27). The number of piperazine rings is 1. The maximum atomic E-state index is 12.9. The molecule has 0 spiro atoms. The molecule has 2 N–H and O–H groups in total. The summed E-state index contributed by atoms with van der Waals surface area (Å²) in [6, 6.07) is 3.31. The lowest BCUT2D eigenvalue weighted by Gasteiger charge is -2.35. The van der Waals surface area contributed by atoms with Gasteiger partial charge in [-0.2, -0.15) is 13.2 Å². The topological polar surface area (TPSA) is 47.6 Å². The highest BCUT2D eigenvalue weighted by molar-refractivity contribution is 7.80. The molecule has 0 atom stereocenters. The molecule has 10 heteroatoms. The van der Waals surface area contributed by atoms with Crippen molar-refractivity contribution in [2.24, 2.45) is 0 Å². The number of benzene rings is 1. The van der Waals surface area contributed by atoms with E-state index in [9.17, 15) is 18.0 Å². The van der Waals surface area contributed by atoms with Crippen LogP contribution in [0.1, 0.15) is 12.5 Å². The fourth-order valence-corrected chi connectivity index (χ4v) is 3.15. The summed E-state index contributed by atoms with van der Waals surface area (Å²) in [6.07, 6.45) is -4.58. The Morgan fingerprint density at radius 1 is 1.29 bits per heavy atom. The Morgan fingerprint density at radius 2 is 1.93 bits per heavy atom. The van der Waals surface area contributed by atoms with Gasteiger partial charge in [-0.3, -0.25) is 9.69 Å². The molecule has 0 aromatic heterocycles. The lowest BCUT2D eigenvalue weighted by molar-refractivity contribution is -0.137. The van der Waals surface area contributed by atoms with Crippen molar-refractivity contribution < 1.29 is 18.0 Å². The van der Waals surface area contributed by atoms with Crippen LogP contribution in [0.3, 0.4) is 0 Å². The molecular formula is C18H22ClF3N4OS.